The lowest BCUT2D eigenvalue weighted by molar-refractivity contribution is 0.133. The molecule has 0 rings (SSSR count). The predicted molar refractivity (Wildman–Crippen MR) is 31.1 cm³/mol. The van der Waals surface area contributed by atoms with Gasteiger partial charge in [0.05, 0.1) is 0 Å². The summed E-state index contributed by atoms with van der Waals surface area (Å²) in [5, 5.41) is 2.08. The number of hydrogen-bond acceptors (Lipinski definition) is 4. The van der Waals surface area contributed by atoms with Crippen LogP contribution < -0.4 is 11.1 Å². The van der Waals surface area contributed by atoms with Crippen molar-refractivity contribution >= 4 is 12.2 Å². The first kappa shape index (κ1) is 8.70. The number of primary amides is 1. The highest BCUT2D eigenvalue weighted by Crippen LogP contribution is 1.74. The Morgan fingerprint density at radius 2 is 2.20 bits per heavy atom. The molecule has 0 aromatic rings. The average molecular weight is 148 g/mol. The zero-order chi connectivity index (χ0) is 7.98. The van der Waals surface area contributed by atoms with Gasteiger partial charge in [0.25, 0.3) is 0 Å². The fourth-order valence-electron chi connectivity index (χ4n) is 0.259. The van der Waals surface area contributed by atoms with E-state index >= 15 is 0 Å². The van der Waals surface area contributed by atoms with Crippen LogP contribution in [-0.4, -0.2) is 26.0 Å². The quantitative estimate of drug-likeness (QED) is 0.404. The maximum Gasteiger partial charge on any atom is 0.417 e. The van der Waals surface area contributed by atoms with Crippen molar-refractivity contribution in [2.45, 2.75) is 0 Å². The number of alkyl carbamates (subject to hydrolysis) is 1. The summed E-state index contributed by atoms with van der Waals surface area (Å²) in [5.74, 6) is 0. The Morgan fingerprint density at radius 3 is 2.60 bits per heavy atom. The molecule has 0 unspecified atom stereocenters. The van der Waals surface area contributed by atoms with Crippen molar-refractivity contribution in [3.05, 3.63) is 0 Å². The third kappa shape index (κ3) is 4.85. The van der Waals surface area contributed by atoms with Crippen LogP contribution in [0.5, 0.6) is 0 Å². The van der Waals surface area contributed by atoms with Gasteiger partial charge in [0.15, 0.2) is 0 Å². The summed E-state index contributed by atoms with van der Waals surface area (Å²) in [5.41, 5.74) is 4.50. The lowest BCUT2D eigenvalue weighted by Crippen LogP contribution is -2.30. The Labute approximate surface area is 57.3 Å². The number of nitrogens with two attached hydrogens (primary N) is 1. The molecule has 6 nitrogen and oxygen atoms in total. The first-order chi connectivity index (χ1) is 4.66. The summed E-state index contributed by atoms with van der Waals surface area (Å²) in [6.45, 7) is -0.0217. The molecule has 0 aliphatic carbocycles. The third-order valence-electron chi connectivity index (χ3n) is 0.554. The lowest BCUT2D eigenvalue weighted by atomic mass is 11.0. The SMILES string of the molecule is COCNC(=O)OC(N)=O. The monoisotopic (exact) mass is 148 g/mol. The summed E-state index contributed by atoms with van der Waals surface area (Å²) < 4.78 is 8.29. The maximum absolute atomic E-state index is 10.3. The van der Waals surface area contributed by atoms with Gasteiger partial charge in [-0.25, -0.2) is 9.59 Å². The van der Waals surface area contributed by atoms with Gasteiger partial charge in [0.2, 0.25) is 0 Å². The normalized spacial score (nSPS) is 8.50. The first-order valence-corrected chi connectivity index (χ1v) is 2.41. The van der Waals surface area contributed by atoms with E-state index < -0.39 is 12.2 Å². The van der Waals surface area contributed by atoms with Crippen molar-refractivity contribution in [2.75, 3.05) is 13.8 Å². The van der Waals surface area contributed by atoms with Crippen LogP contribution in [0.3, 0.4) is 0 Å². The molecule has 0 spiro atoms. The summed E-state index contributed by atoms with van der Waals surface area (Å²) in [7, 11) is 1.38. The van der Waals surface area contributed by atoms with E-state index in [2.05, 4.69) is 20.5 Å². The Bertz CT molecular complexity index is 135. The molecule has 0 bridgehead atoms. The van der Waals surface area contributed by atoms with E-state index in [1.165, 1.54) is 7.11 Å². The number of methoxy groups -OCH3 is 1. The largest absolute Gasteiger partial charge is 0.417 e. The van der Waals surface area contributed by atoms with Crippen LogP contribution in [-0.2, 0) is 9.47 Å². The van der Waals surface area contributed by atoms with E-state index in [0.29, 0.717) is 0 Å². The highest BCUT2D eigenvalue weighted by molar-refractivity contribution is 5.82. The molecule has 10 heavy (non-hydrogen) atoms. The zero-order valence-electron chi connectivity index (χ0n) is 5.42. The van der Waals surface area contributed by atoms with Crippen LogP contribution in [0.2, 0.25) is 0 Å². The Morgan fingerprint density at radius 1 is 1.60 bits per heavy atom. The number of carbonyl (C=O) groups is 2. The van der Waals surface area contributed by atoms with E-state index in [1.54, 1.807) is 0 Å². The number of nitrogens with one attached hydrogen (secondary N) is 1. The van der Waals surface area contributed by atoms with Gasteiger partial charge in [0.1, 0.15) is 6.73 Å². The van der Waals surface area contributed by atoms with Crippen molar-refractivity contribution < 1.29 is 19.1 Å². The van der Waals surface area contributed by atoms with E-state index in [-0.39, 0.29) is 6.73 Å². The van der Waals surface area contributed by atoms with Gasteiger partial charge in [-0.05, 0) is 0 Å². The number of carbonyl (C=O) groups excluding carboxylic acids is 2. The number of ether oxygens (including phenoxy) is 2. The van der Waals surface area contributed by atoms with Crippen LogP contribution >= 0.6 is 0 Å². The van der Waals surface area contributed by atoms with Crippen molar-refractivity contribution in [1.29, 1.82) is 0 Å². The first-order valence-electron chi connectivity index (χ1n) is 2.41. The maximum atomic E-state index is 10.3. The molecule has 0 aromatic carbocycles. The molecule has 0 heterocycles. The molecular weight excluding hydrogens is 140 g/mol. The minimum atomic E-state index is -1.14. The van der Waals surface area contributed by atoms with Gasteiger partial charge in [-0.15, -0.1) is 0 Å². The topological polar surface area (TPSA) is 90.7 Å². The van der Waals surface area contributed by atoms with E-state index in [4.69, 9.17) is 0 Å². The van der Waals surface area contributed by atoms with Gasteiger partial charge < -0.3 is 15.2 Å². The second-order valence-electron chi connectivity index (χ2n) is 1.32. The molecule has 0 saturated heterocycles. The second-order valence-corrected chi connectivity index (χ2v) is 1.32. The van der Waals surface area contributed by atoms with E-state index in [1.807, 2.05) is 0 Å². The van der Waals surface area contributed by atoms with E-state index in [0.717, 1.165) is 0 Å². The van der Waals surface area contributed by atoms with Gasteiger partial charge in [-0.2, -0.15) is 0 Å². The smallest absolute Gasteiger partial charge is 0.364 e. The van der Waals surface area contributed by atoms with Gasteiger partial charge in [-0.3, -0.25) is 5.32 Å². The van der Waals surface area contributed by atoms with Crippen LogP contribution in [0.25, 0.3) is 0 Å². The van der Waals surface area contributed by atoms with Gasteiger partial charge in [-0.1, -0.05) is 0 Å². The molecule has 0 aliphatic rings. The highest BCUT2D eigenvalue weighted by atomic mass is 16.6. The van der Waals surface area contributed by atoms with E-state index in [9.17, 15) is 9.59 Å². The van der Waals surface area contributed by atoms with Crippen molar-refractivity contribution in [3.63, 3.8) is 0 Å². The Hall–Kier alpha value is -1.30. The molecule has 0 atom stereocenters. The van der Waals surface area contributed by atoms with Crippen LogP contribution in [0, 0.1) is 0 Å². The molecule has 3 N–H and O–H groups in total. The van der Waals surface area contributed by atoms with Crippen LogP contribution in [0.4, 0.5) is 9.59 Å². The average Bonchev–Trinajstić information content (AvgIpc) is 1.82. The summed E-state index contributed by atoms with van der Waals surface area (Å²) >= 11 is 0. The fraction of sp³-hybridized carbons (Fsp3) is 0.500. The molecule has 0 fully saturated rings. The number of hydrogen-bond donors (Lipinski definition) is 2. The highest BCUT2D eigenvalue weighted by Gasteiger charge is 2.02. The third-order valence-corrected chi connectivity index (χ3v) is 0.554. The minimum Gasteiger partial charge on any atom is -0.364 e. The minimum absolute atomic E-state index is 0.0217. The molecule has 0 radical (unpaired) electrons. The molecular formula is C4H8N2O4. The number of rotatable bonds is 2. The van der Waals surface area contributed by atoms with Gasteiger partial charge >= 0.3 is 12.2 Å². The fourth-order valence-corrected chi connectivity index (χ4v) is 0.259. The molecule has 2 amide bonds. The number of amides is 2. The van der Waals surface area contributed by atoms with Crippen LogP contribution in [0.1, 0.15) is 0 Å². The second kappa shape index (κ2) is 4.57. The van der Waals surface area contributed by atoms with Crippen LogP contribution in [0.15, 0.2) is 0 Å². The van der Waals surface area contributed by atoms with Crippen molar-refractivity contribution in [2.24, 2.45) is 5.73 Å². The molecule has 58 valence electrons. The van der Waals surface area contributed by atoms with Gasteiger partial charge in [0, 0.05) is 7.11 Å². The van der Waals surface area contributed by atoms with Crippen molar-refractivity contribution in [1.82, 2.24) is 5.32 Å². The molecule has 0 aliphatic heterocycles. The molecule has 6 heteroatoms. The standard InChI is InChI=1S/C4H8N2O4/c1-9-2-6-4(8)10-3(5)7/h2H2,1H3,(H2,5,7)(H,6,8). The molecule has 0 saturated carbocycles. The van der Waals surface area contributed by atoms with Crippen molar-refractivity contribution in [3.8, 4) is 0 Å². The predicted octanol–water partition coefficient (Wildman–Crippen LogP) is -0.605. The lowest BCUT2D eigenvalue weighted by Gasteiger charge is -2.00. The Kier molecular flexibility index (Phi) is 3.97. The Balaban J connectivity index is 3.35. The summed E-state index contributed by atoms with van der Waals surface area (Å²) in [6.07, 6.45) is -2.07. The molecule has 0 aromatic heterocycles. The summed E-state index contributed by atoms with van der Waals surface area (Å²) in [4.78, 5) is 20.2. The zero-order valence-corrected chi connectivity index (χ0v) is 5.42. The summed E-state index contributed by atoms with van der Waals surface area (Å²) in [6, 6.07) is 0.